The Bertz CT molecular complexity index is 526. The van der Waals surface area contributed by atoms with Crippen LogP contribution >= 0.6 is 11.8 Å². The van der Waals surface area contributed by atoms with Crippen LogP contribution in [0.1, 0.15) is 11.1 Å². The summed E-state index contributed by atoms with van der Waals surface area (Å²) in [5.41, 5.74) is 6.93. The predicted octanol–water partition coefficient (Wildman–Crippen LogP) is 3.72. The van der Waals surface area contributed by atoms with Crippen molar-refractivity contribution in [2.45, 2.75) is 17.2 Å². The number of hydrogen-bond acceptors (Lipinski definition) is 2. The molecule has 0 spiro atoms. The molecule has 94 valence electrons. The standard InChI is InChI=1S/C14H13F2NS/c15-12-3-6-14(16)11(7-12)9-18-13-4-1-10(8-17)2-5-13/h1-7H,8-9,17H2. The molecule has 0 aliphatic rings. The Hall–Kier alpha value is -1.39. The van der Waals surface area contributed by atoms with Crippen molar-refractivity contribution in [1.82, 2.24) is 0 Å². The zero-order chi connectivity index (χ0) is 13.0. The van der Waals surface area contributed by atoms with Gasteiger partial charge in [0.25, 0.3) is 0 Å². The summed E-state index contributed by atoms with van der Waals surface area (Å²) in [4.78, 5) is 1.01. The minimum absolute atomic E-state index is 0.373. The third-order valence-corrected chi connectivity index (χ3v) is 3.62. The van der Waals surface area contributed by atoms with Gasteiger partial charge in [-0.05, 0) is 35.9 Å². The fourth-order valence-corrected chi connectivity index (χ4v) is 2.41. The lowest BCUT2D eigenvalue weighted by Gasteiger charge is -2.04. The predicted molar refractivity (Wildman–Crippen MR) is 70.3 cm³/mol. The molecule has 0 atom stereocenters. The van der Waals surface area contributed by atoms with Crippen molar-refractivity contribution < 1.29 is 8.78 Å². The van der Waals surface area contributed by atoms with E-state index in [1.165, 1.54) is 17.8 Å². The van der Waals surface area contributed by atoms with Gasteiger partial charge in [-0.1, -0.05) is 12.1 Å². The molecule has 2 rings (SSSR count). The van der Waals surface area contributed by atoms with Gasteiger partial charge in [-0.3, -0.25) is 0 Å². The number of hydrogen-bond donors (Lipinski definition) is 1. The summed E-state index contributed by atoms with van der Waals surface area (Å²) in [5, 5.41) is 0. The molecule has 0 aliphatic heterocycles. The quantitative estimate of drug-likeness (QED) is 0.853. The fraction of sp³-hybridized carbons (Fsp3) is 0.143. The van der Waals surface area contributed by atoms with Crippen molar-refractivity contribution in [2.24, 2.45) is 5.73 Å². The van der Waals surface area contributed by atoms with Gasteiger partial charge in [0.2, 0.25) is 0 Å². The van der Waals surface area contributed by atoms with Crippen LogP contribution in [0.5, 0.6) is 0 Å². The van der Waals surface area contributed by atoms with Gasteiger partial charge in [-0.2, -0.15) is 0 Å². The van der Waals surface area contributed by atoms with E-state index in [9.17, 15) is 8.78 Å². The second-order valence-corrected chi connectivity index (χ2v) is 4.92. The van der Waals surface area contributed by atoms with Crippen LogP contribution < -0.4 is 5.73 Å². The molecule has 0 radical (unpaired) electrons. The number of halogens is 2. The normalized spacial score (nSPS) is 10.6. The summed E-state index contributed by atoms with van der Waals surface area (Å²) in [6, 6.07) is 11.3. The van der Waals surface area contributed by atoms with E-state index in [1.54, 1.807) is 0 Å². The monoisotopic (exact) mass is 265 g/mol. The largest absolute Gasteiger partial charge is 0.326 e. The van der Waals surface area contributed by atoms with E-state index in [0.717, 1.165) is 22.6 Å². The molecule has 18 heavy (non-hydrogen) atoms. The van der Waals surface area contributed by atoms with Crippen molar-refractivity contribution in [2.75, 3.05) is 0 Å². The molecule has 2 aromatic carbocycles. The second kappa shape index (κ2) is 5.98. The average Bonchev–Trinajstić information content (AvgIpc) is 2.40. The maximum Gasteiger partial charge on any atom is 0.127 e. The summed E-state index contributed by atoms with van der Waals surface area (Å²) >= 11 is 1.47. The lowest BCUT2D eigenvalue weighted by molar-refractivity contribution is 0.591. The van der Waals surface area contributed by atoms with Crippen LogP contribution in [0.3, 0.4) is 0 Å². The Labute approximate surface area is 109 Å². The topological polar surface area (TPSA) is 26.0 Å². The SMILES string of the molecule is NCc1ccc(SCc2cc(F)ccc2F)cc1. The van der Waals surface area contributed by atoms with E-state index in [1.807, 2.05) is 24.3 Å². The van der Waals surface area contributed by atoms with Crippen LogP contribution in [-0.4, -0.2) is 0 Å². The van der Waals surface area contributed by atoms with Crippen LogP contribution in [0, 0.1) is 11.6 Å². The van der Waals surface area contributed by atoms with Crippen molar-refractivity contribution in [3.05, 3.63) is 65.2 Å². The van der Waals surface area contributed by atoms with E-state index in [2.05, 4.69) is 0 Å². The highest BCUT2D eigenvalue weighted by Crippen LogP contribution is 2.24. The highest BCUT2D eigenvalue weighted by Gasteiger charge is 2.04. The van der Waals surface area contributed by atoms with Crippen molar-refractivity contribution in [3.63, 3.8) is 0 Å². The smallest absolute Gasteiger partial charge is 0.127 e. The molecule has 0 bridgehead atoms. The van der Waals surface area contributed by atoms with Crippen LogP contribution in [-0.2, 0) is 12.3 Å². The molecule has 0 heterocycles. The molecule has 0 saturated heterocycles. The Balaban J connectivity index is 2.04. The van der Waals surface area contributed by atoms with Gasteiger partial charge in [0.05, 0.1) is 0 Å². The number of nitrogens with two attached hydrogens (primary N) is 1. The Morgan fingerprint density at radius 2 is 1.72 bits per heavy atom. The highest BCUT2D eigenvalue weighted by atomic mass is 32.2. The third-order valence-electron chi connectivity index (χ3n) is 2.56. The minimum Gasteiger partial charge on any atom is -0.326 e. The minimum atomic E-state index is -0.412. The van der Waals surface area contributed by atoms with Gasteiger partial charge in [0.15, 0.2) is 0 Å². The van der Waals surface area contributed by atoms with Crippen molar-refractivity contribution in [1.29, 1.82) is 0 Å². The van der Waals surface area contributed by atoms with Gasteiger partial charge in [0.1, 0.15) is 11.6 Å². The molecule has 2 N–H and O–H groups in total. The summed E-state index contributed by atoms with van der Waals surface area (Å²) in [5.74, 6) is -0.376. The van der Waals surface area contributed by atoms with Gasteiger partial charge < -0.3 is 5.73 Å². The van der Waals surface area contributed by atoms with Gasteiger partial charge in [-0.25, -0.2) is 8.78 Å². The molecule has 0 unspecified atom stereocenters. The fourth-order valence-electron chi connectivity index (χ4n) is 1.54. The van der Waals surface area contributed by atoms with Crippen molar-refractivity contribution in [3.8, 4) is 0 Å². The summed E-state index contributed by atoms with van der Waals surface area (Å²) in [6.45, 7) is 0.503. The van der Waals surface area contributed by atoms with Gasteiger partial charge in [-0.15, -0.1) is 11.8 Å². The maximum absolute atomic E-state index is 13.4. The Kier molecular flexibility index (Phi) is 4.33. The second-order valence-electron chi connectivity index (χ2n) is 3.87. The van der Waals surface area contributed by atoms with E-state index < -0.39 is 5.82 Å². The van der Waals surface area contributed by atoms with Crippen LogP contribution in [0.2, 0.25) is 0 Å². The number of thioether (sulfide) groups is 1. The Morgan fingerprint density at radius 3 is 2.39 bits per heavy atom. The first-order chi connectivity index (χ1) is 8.69. The number of rotatable bonds is 4. The molecule has 1 nitrogen and oxygen atoms in total. The van der Waals surface area contributed by atoms with E-state index in [4.69, 9.17) is 5.73 Å². The molecule has 0 amide bonds. The molecule has 0 fully saturated rings. The van der Waals surface area contributed by atoms with E-state index in [0.29, 0.717) is 17.9 Å². The molecule has 2 aromatic rings. The molecule has 0 aromatic heterocycles. The number of benzene rings is 2. The summed E-state index contributed by atoms with van der Waals surface area (Å²) in [6.07, 6.45) is 0. The van der Waals surface area contributed by atoms with Crippen LogP contribution in [0.4, 0.5) is 8.78 Å². The first kappa shape index (κ1) is 13.1. The summed E-state index contributed by atoms with van der Waals surface area (Å²) < 4.78 is 26.4. The Morgan fingerprint density at radius 1 is 1.00 bits per heavy atom. The molecule has 0 saturated carbocycles. The van der Waals surface area contributed by atoms with Crippen LogP contribution in [0.15, 0.2) is 47.4 Å². The first-order valence-electron chi connectivity index (χ1n) is 5.55. The average molecular weight is 265 g/mol. The van der Waals surface area contributed by atoms with Gasteiger partial charge in [0, 0.05) is 22.8 Å². The summed E-state index contributed by atoms with van der Waals surface area (Å²) in [7, 11) is 0. The zero-order valence-corrected chi connectivity index (χ0v) is 10.5. The molecular weight excluding hydrogens is 252 g/mol. The van der Waals surface area contributed by atoms with E-state index >= 15 is 0 Å². The third kappa shape index (κ3) is 3.31. The van der Waals surface area contributed by atoms with Gasteiger partial charge >= 0.3 is 0 Å². The molecule has 4 heteroatoms. The van der Waals surface area contributed by atoms with Crippen LogP contribution in [0.25, 0.3) is 0 Å². The first-order valence-corrected chi connectivity index (χ1v) is 6.53. The van der Waals surface area contributed by atoms with Crippen molar-refractivity contribution >= 4 is 11.8 Å². The lowest BCUT2D eigenvalue weighted by atomic mass is 10.2. The molecule has 0 aliphatic carbocycles. The highest BCUT2D eigenvalue weighted by molar-refractivity contribution is 7.98. The lowest BCUT2D eigenvalue weighted by Crippen LogP contribution is -1.95. The molecular formula is C14H13F2NS. The maximum atomic E-state index is 13.4. The van der Waals surface area contributed by atoms with E-state index in [-0.39, 0.29) is 5.82 Å². The zero-order valence-electron chi connectivity index (χ0n) is 9.70.